The second-order valence-electron chi connectivity index (χ2n) is 7.58. The van der Waals surface area contributed by atoms with Crippen molar-refractivity contribution in [3.8, 4) is 0 Å². The lowest BCUT2D eigenvalue weighted by molar-refractivity contribution is -0.384. The smallest absolute Gasteiger partial charge is 0.269 e. The summed E-state index contributed by atoms with van der Waals surface area (Å²) in [5.41, 5.74) is 10.9. The number of likely N-dealkylation sites (N-methyl/N-ethyl adjacent to an activating group) is 1. The van der Waals surface area contributed by atoms with Gasteiger partial charge in [0, 0.05) is 30.9 Å². The van der Waals surface area contributed by atoms with Crippen LogP contribution >= 0.6 is 12.4 Å². The van der Waals surface area contributed by atoms with Crippen molar-refractivity contribution in [2.45, 2.75) is 37.8 Å². The van der Waals surface area contributed by atoms with E-state index in [0.717, 1.165) is 0 Å². The summed E-state index contributed by atoms with van der Waals surface area (Å²) in [4.78, 5) is 53.8. The average Bonchev–Trinajstić information content (AvgIpc) is 3.26. The van der Waals surface area contributed by atoms with Gasteiger partial charge in [-0.25, -0.2) is 0 Å². The minimum atomic E-state index is -0.913. The summed E-state index contributed by atoms with van der Waals surface area (Å²) in [6, 6.07) is 3.78. The van der Waals surface area contributed by atoms with Crippen LogP contribution in [0.4, 0.5) is 11.4 Å². The van der Waals surface area contributed by atoms with Crippen molar-refractivity contribution in [2.24, 2.45) is 16.5 Å². The Morgan fingerprint density at radius 2 is 1.94 bits per heavy atom. The van der Waals surface area contributed by atoms with Gasteiger partial charge in [-0.2, -0.15) is 0 Å². The van der Waals surface area contributed by atoms with Crippen molar-refractivity contribution in [1.29, 1.82) is 0 Å². The van der Waals surface area contributed by atoms with E-state index in [-0.39, 0.29) is 49.5 Å². The molecule has 14 heteroatoms. The molecule has 1 fully saturated rings. The highest BCUT2D eigenvalue weighted by molar-refractivity contribution is 5.98. The van der Waals surface area contributed by atoms with Crippen LogP contribution in [0.25, 0.3) is 0 Å². The maximum atomic E-state index is 12.9. The summed E-state index contributed by atoms with van der Waals surface area (Å²) in [7, 11) is 1.65. The number of nitro benzene ring substituents is 1. The van der Waals surface area contributed by atoms with Gasteiger partial charge in [0.05, 0.1) is 11.5 Å². The Morgan fingerprint density at radius 1 is 1.26 bits per heavy atom. The van der Waals surface area contributed by atoms with Crippen molar-refractivity contribution >= 4 is 47.5 Å². The van der Waals surface area contributed by atoms with E-state index in [2.05, 4.69) is 20.9 Å². The van der Waals surface area contributed by atoms with Gasteiger partial charge in [0.15, 0.2) is 5.96 Å². The summed E-state index contributed by atoms with van der Waals surface area (Å²) in [6.45, 7) is 0.866. The number of halogens is 1. The minimum absolute atomic E-state index is 0. The highest BCUT2D eigenvalue weighted by Crippen LogP contribution is 2.19. The van der Waals surface area contributed by atoms with E-state index >= 15 is 0 Å². The molecule has 0 spiro atoms. The van der Waals surface area contributed by atoms with Crippen LogP contribution in [-0.4, -0.2) is 72.3 Å². The Hall–Kier alpha value is -3.45. The van der Waals surface area contributed by atoms with Gasteiger partial charge in [-0.15, -0.1) is 12.4 Å². The number of non-ortho nitro benzene ring substituents is 1. The number of amides is 3. The molecule has 1 aromatic rings. The zero-order valence-corrected chi connectivity index (χ0v) is 19.7. The maximum absolute atomic E-state index is 12.9. The topological polar surface area (TPSA) is 198 Å². The van der Waals surface area contributed by atoms with Crippen LogP contribution in [0.3, 0.4) is 0 Å². The largest absolute Gasteiger partial charge is 0.370 e. The number of rotatable bonds is 11. The van der Waals surface area contributed by atoms with E-state index in [0.29, 0.717) is 31.5 Å². The number of anilines is 1. The van der Waals surface area contributed by atoms with E-state index in [1.54, 1.807) is 7.05 Å². The molecular formula is C20H31ClN8O5. The molecule has 13 nitrogen and oxygen atoms in total. The van der Waals surface area contributed by atoms with Crippen molar-refractivity contribution in [1.82, 2.24) is 15.5 Å². The quantitative estimate of drug-likeness (QED) is 0.0899. The summed E-state index contributed by atoms with van der Waals surface area (Å²) in [5, 5.41) is 19.0. The van der Waals surface area contributed by atoms with Gasteiger partial charge in [0.25, 0.3) is 5.69 Å². The number of nitrogens with one attached hydrogen (secondary N) is 3. The predicted octanol–water partition coefficient (Wildman–Crippen LogP) is -0.296. The fraction of sp³-hybridized carbons (Fsp3) is 0.500. The third kappa shape index (κ3) is 8.48. The molecule has 3 amide bonds. The van der Waals surface area contributed by atoms with Crippen LogP contribution in [-0.2, 0) is 14.4 Å². The molecule has 7 N–H and O–H groups in total. The van der Waals surface area contributed by atoms with Crippen molar-refractivity contribution in [3.05, 3.63) is 34.4 Å². The number of nitrogens with two attached hydrogens (primary N) is 2. The monoisotopic (exact) mass is 498 g/mol. The van der Waals surface area contributed by atoms with Crippen LogP contribution in [0, 0.1) is 10.1 Å². The molecule has 2 unspecified atom stereocenters. The molecule has 1 aliphatic rings. The second-order valence-corrected chi connectivity index (χ2v) is 7.58. The number of carbonyl (C=O) groups excluding carboxylic acids is 3. The molecule has 0 aromatic heterocycles. The summed E-state index contributed by atoms with van der Waals surface area (Å²) < 4.78 is 0. The van der Waals surface area contributed by atoms with Crippen LogP contribution in [0.15, 0.2) is 29.3 Å². The van der Waals surface area contributed by atoms with Gasteiger partial charge < -0.3 is 32.3 Å². The SMILES string of the molecule is CNCC(=O)N1CCCC1C(=O)NC(CCCN=C(N)N)C(=O)Nc1ccc([N+](=O)[O-])cc1.Cl. The fourth-order valence-electron chi connectivity index (χ4n) is 3.53. The highest BCUT2D eigenvalue weighted by Gasteiger charge is 2.35. The summed E-state index contributed by atoms with van der Waals surface area (Å²) in [5.74, 6) is -1.17. The van der Waals surface area contributed by atoms with Crippen molar-refractivity contribution in [3.63, 3.8) is 0 Å². The van der Waals surface area contributed by atoms with Crippen LogP contribution in [0.5, 0.6) is 0 Å². The number of nitro groups is 1. The average molecular weight is 499 g/mol. The lowest BCUT2D eigenvalue weighted by atomic mass is 10.1. The lowest BCUT2D eigenvalue weighted by Crippen LogP contribution is -2.53. The maximum Gasteiger partial charge on any atom is 0.269 e. The van der Waals surface area contributed by atoms with Gasteiger partial charge in [0.2, 0.25) is 17.7 Å². The predicted molar refractivity (Wildman–Crippen MR) is 129 cm³/mol. The molecule has 2 rings (SSSR count). The van der Waals surface area contributed by atoms with Gasteiger partial charge in [-0.3, -0.25) is 29.5 Å². The van der Waals surface area contributed by atoms with Gasteiger partial charge in [-0.1, -0.05) is 0 Å². The minimum Gasteiger partial charge on any atom is -0.370 e. The fourth-order valence-corrected chi connectivity index (χ4v) is 3.53. The number of hydrogen-bond acceptors (Lipinski definition) is 7. The van der Waals surface area contributed by atoms with E-state index in [1.165, 1.54) is 29.2 Å². The van der Waals surface area contributed by atoms with Crippen molar-refractivity contribution in [2.75, 3.05) is 32.0 Å². The molecule has 1 heterocycles. The molecule has 1 aliphatic heterocycles. The summed E-state index contributed by atoms with van der Waals surface area (Å²) in [6.07, 6.45) is 1.87. The zero-order valence-electron chi connectivity index (χ0n) is 18.9. The number of hydrogen-bond donors (Lipinski definition) is 5. The van der Waals surface area contributed by atoms with Crippen LogP contribution in [0.1, 0.15) is 25.7 Å². The molecule has 0 radical (unpaired) electrons. The number of benzene rings is 1. The lowest BCUT2D eigenvalue weighted by Gasteiger charge is -2.26. The molecule has 188 valence electrons. The standard InChI is InChI=1S/C20H30N8O5.ClH/c1-23-12-17(29)27-11-3-5-16(27)19(31)26-15(4-2-10-24-20(21)22)18(30)25-13-6-8-14(9-7-13)28(32)33;/h6-9,15-16,23H,2-5,10-12H2,1H3,(H,25,30)(H,26,31)(H4,21,22,24);1H. The van der Waals surface area contributed by atoms with Crippen LogP contribution < -0.4 is 27.4 Å². The normalized spacial score (nSPS) is 15.6. The van der Waals surface area contributed by atoms with E-state index in [4.69, 9.17) is 11.5 Å². The van der Waals surface area contributed by atoms with Gasteiger partial charge in [-0.05, 0) is 44.9 Å². The van der Waals surface area contributed by atoms with Gasteiger partial charge >= 0.3 is 0 Å². The molecular weight excluding hydrogens is 468 g/mol. The highest BCUT2D eigenvalue weighted by atomic mass is 35.5. The Bertz CT molecular complexity index is 891. The Balaban J connectivity index is 0.00000578. The number of likely N-dealkylation sites (tertiary alicyclic amines) is 1. The number of nitrogens with zero attached hydrogens (tertiary/aromatic N) is 3. The van der Waals surface area contributed by atoms with E-state index in [1.807, 2.05) is 0 Å². The Morgan fingerprint density at radius 3 is 2.53 bits per heavy atom. The zero-order chi connectivity index (χ0) is 24.4. The summed E-state index contributed by atoms with van der Waals surface area (Å²) >= 11 is 0. The first kappa shape index (κ1) is 28.6. The first-order chi connectivity index (χ1) is 15.7. The molecule has 1 aromatic carbocycles. The van der Waals surface area contributed by atoms with E-state index < -0.39 is 28.8 Å². The first-order valence-corrected chi connectivity index (χ1v) is 10.6. The van der Waals surface area contributed by atoms with E-state index in [9.17, 15) is 24.5 Å². The van der Waals surface area contributed by atoms with Crippen LogP contribution in [0.2, 0.25) is 0 Å². The second kappa shape index (κ2) is 14.0. The third-order valence-electron chi connectivity index (χ3n) is 5.13. The number of guanidine groups is 1. The first-order valence-electron chi connectivity index (χ1n) is 10.6. The number of aliphatic imine (C=N–C) groups is 1. The molecule has 34 heavy (non-hydrogen) atoms. The molecule has 0 bridgehead atoms. The third-order valence-corrected chi connectivity index (χ3v) is 5.13. The molecule has 2 atom stereocenters. The molecule has 0 saturated carbocycles. The van der Waals surface area contributed by atoms with Gasteiger partial charge in [0.1, 0.15) is 12.1 Å². The van der Waals surface area contributed by atoms with Crippen molar-refractivity contribution < 1.29 is 19.3 Å². The molecule has 1 saturated heterocycles. The number of carbonyl (C=O) groups is 3. The Kier molecular flexibility index (Phi) is 11.7. The molecule has 0 aliphatic carbocycles. The Labute approximate surface area is 203 Å².